The van der Waals surface area contributed by atoms with E-state index >= 15 is 0 Å². The van der Waals surface area contributed by atoms with Gasteiger partial charge in [-0.2, -0.15) is 0 Å². The van der Waals surface area contributed by atoms with Crippen LogP contribution in [0, 0.1) is 0 Å². The molecule has 0 aliphatic heterocycles. The van der Waals surface area contributed by atoms with Crippen molar-refractivity contribution < 1.29 is 4.42 Å². The molecule has 11 rings (SSSR count). The van der Waals surface area contributed by atoms with E-state index in [0.717, 1.165) is 55.3 Å². The van der Waals surface area contributed by atoms with Gasteiger partial charge in [-0.05, 0) is 54.6 Å². The number of para-hydroxylation sites is 3. The highest BCUT2D eigenvalue weighted by atomic mass is 32.1. The molecule has 0 saturated carbocycles. The molecule has 0 fully saturated rings. The Labute approximate surface area is 295 Å². The number of aromatic nitrogens is 4. The van der Waals surface area contributed by atoms with E-state index in [0.29, 0.717) is 17.5 Å². The van der Waals surface area contributed by atoms with Crippen LogP contribution in [0.25, 0.3) is 104 Å². The fourth-order valence-corrected chi connectivity index (χ4v) is 8.58. The maximum Gasteiger partial charge on any atom is 0.167 e. The molecule has 0 unspecified atom stereocenters. The van der Waals surface area contributed by atoms with Gasteiger partial charge in [-0.15, -0.1) is 11.3 Å². The molecule has 7 aromatic carbocycles. The average Bonchev–Trinajstić information content (AvgIpc) is 3.86. The van der Waals surface area contributed by atoms with Crippen molar-refractivity contribution in [2.24, 2.45) is 0 Å². The molecule has 51 heavy (non-hydrogen) atoms. The second-order valence-electron chi connectivity index (χ2n) is 12.8. The number of nitrogens with zero attached hydrogens (tertiary/aromatic N) is 4. The molecule has 0 aliphatic carbocycles. The van der Waals surface area contributed by atoms with Crippen LogP contribution < -0.4 is 0 Å². The van der Waals surface area contributed by atoms with Crippen LogP contribution in [-0.2, 0) is 0 Å². The van der Waals surface area contributed by atoms with Gasteiger partial charge in [-0.3, -0.25) is 0 Å². The molecule has 4 heterocycles. The van der Waals surface area contributed by atoms with E-state index in [1.54, 1.807) is 11.3 Å². The Morgan fingerprint density at radius 1 is 0.431 bits per heavy atom. The SMILES string of the molecule is c1ccc(-c2nc(-c3ccc4sc5ccccc5c4c3)nc(-c3cccc4c3oc3cc5c(cc34)c3ccccc3n5-c3ccccc3)n2)cc1. The first kappa shape index (κ1) is 28.2. The summed E-state index contributed by atoms with van der Waals surface area (Å²) in [7, 11) is 0. The first-order chi connectivity index (χ1) is 25.3. The van der Waals surface area contributed by atoms with Crippen molar-refractivity contribution in [1.82, 2.24) is 19.5 Å². The first-order valence-corrected chi connectivity index (χ1v) is 17.8. The van der Waals surface area contributed by atoms with Gasteiger partial charge in [0.1, 0.15) is 11.2 Å². The topological polar surface area (TPSA) is 56.7 Å². The Balaban J connectivity index is 1.15. The van der Waals surface area contributed by atoms with Crippen LogP contribution >= 0.6 is 11.3 Å². The maximum absolute atomic E-state index is 6.81. The molecule has 5 nitrogen and oxygen atoms in total. The Morgan fingerprint density at radius 3 is 1.98 bits per heavy atom. The summed E-state index contributed by atoms with van der Waals surface area (Å²) >= 11 is 1.80. The summed E-state index contributed by atoms with van der Waals surface area (Å²) < 4.78 is 11.6. The standard InChI is InChI=1S/C45H26N4OS/c1-3-12-27(13-4-1)43-46-44(28-22-23-41-36(24-28)31-17-8-10-21-40(31)51-41)48-45(47-43)33-19-11-18-32-35-25-34-30-16-7-9-20-37(30)49(29-14-5-2-6-15-29)38(34)26-39(35)50-42(32)33/h1-26H. The van der Waals surface area contributed by atoms with Crippen molar-refractivity contribution in [3.8, 4) is 39.9 Å². The number of rotatable bonds is 4. The van der Waals surface area contributed by atoms with Crippen molar-refractivity contribution in [2.75, 3.05) is 0 Å². The summed E-state index contributed by atoms with van der Waals surface area (Å²) in [5, 5.41) is 6.91. The third kappa shape index (κ3) is 4.37. The average molecular weight is 671 g/mol. The highest BCUT2D eigenvalue weighted by Crippen LogP contribution is 2.41. The van der Waals surface area contributed by atoms with E-state index in [1.165, 1.54) is 30.9 Å². The van der Waals surface area contributed by atoms with Crippen LogP contribution in [0.5, 0.6) is 0 Å². The third-order valence-electron chi connectivity index (χ3n) is 9.85. The zero-order chi connectivity index (χ0) is 33.5. The van der Waals surface area contributed by atoms with Gasteiger partial charge >= 0.3 is 0 Å². The number of benzene rings is 7. The van der Waals surface area contributed by atoms with E-state index in [-0.39, 0.29) is 0 Å². The summed E-state index contributed by atoms with van der Waals surface area (Å²) in [5.74, 6) is 1.81. The maximum atomic E-state index is 6.81. The van der Waals surface area contributed by atoms with Gasteiger partial charge in [-0.25, -0.2) is 15.0 Å². The molecule has 0 bridgehead atoms. The Morgan fingerprint density at radius 2 is 1.12 bits per heavy atom. The minimum atomic E-state index is 0.572. The molecule has 0 atom stereocenters. The molecule has 238 valence electrons. The minimum Gasteiger partial charge on any atom is -0.455 e. The lowest BCUT2D eigenvalue weighted by molar-refractivity contribution is 0.670. The highest BCUT2D eigenvalue weighted by Gasteiger charge is 2.20. The second kappa shape index (κ2) is 10.9. The summed E-state index contributed by atoms with van der Waals surface area (Å²) in [4.78, 5) is 15.3. The monoisotopic (exact) mass is 670 g/mol. The van der Waals surface area contributed by atoms with Crippen LogP contribution in [0.2, 0.25) is 0 Å². The third-order valence-corrected chi connectivity index (χ3v) is 11.0. The number of hydrogen-bond acceptors (Lipinski definition) is 5. The summed E-state index contributed by atoms with van der Waals surface area (Å²) in [5.41, 5.74) is 7.64. The lowest BCUT2D eigenvalue weighted by atomic mass is 10.1. The van der Waals surface area contributed by atoms with Gasteiger partial charge in [0.2, 0.25) is 0 Å². The molecule has 0 saturated heterocycles. The van der Waals surface area contributed by atoms with Crippen molar-refractivity contribution in [2.45, 2.75) is 0 Å². The van der Waals surface area contributed by atoms with Crippen LogP contribution in [0.15, 0.2) is 162 Å². The van der Waals surface area contributed by atoms with Crippen molar-refractivity contribution in [3.05, 3.63) is 158 Å². The predicted octanol–water partition coefficient (Wildman–Crippen LogP) is 12.2. The molecule has 0 spiro atoms. The van der Waals surface area contributed by atoms with Gasteiger partial charge in [0, 0.05) is 64.6 Å². The zero-order valence-corrected chi connectivity index (χ0v) is 27.9. The number of thiophene rings is 1. The number of furan rings is 1. The van der Waals surface area contributed by atoms with Gasteiger partial charge in [0.05, 0.1) is 16.6 Å². The van der Waals surface area contributed by atoms with Crippen LogP contribution in [0.1, 0.15) is 0 Å². The van der Waals surface area contributed by atoms with E-state index in [1.807, 2.05) is 36.4 Å². The quantitative estimate of drug-likeness (QED) is 0.187. The van der Waals surface area contributed by atoms with Crippen molar-refractivity contribution >= 4 is 75.3 Å². The summed E-state index contributed by atoms with van der Waals surface area (Å²) in [6.45, 7) is 0. The van der Waals surface area contributed by atoms with Gasteiger partial charge in [-0.1, -0.05) is 97.1 Å². The Hall–Kier alpha value is -6.63. The van der Waals surface area contributed by atoms with Crippen molar-refractivity contribution in [3.63, 3.8) is 0 Å². The van der Waals surface area contributed by atoms with Crippen molar-refractivity contribution in [1.29, 1.82) is 0 Å². The number of hydrogen-bond donors (Lipinski definition) is 0. The molecule has 4 aromatic heterocycles. The van der Waals surface area contributed by atoms with Crippen LogP contribution in [-0.4, -0.2) is 19.5 Å². The molecule has 0 N–H and O–H groups in total. The van der Waals surface area contributed by atoms with Gasteiger partial charge in [0.15, 0.2) is 17.5 Å². The first-order valence-electron chi connectivity index (χ1n) is 16.9. The van der Waals surface area contributed by atoms with Crippen LogP contribution in [0.3, 0.4) is 0 Å². The molecular weight excluding hydrogens is 645 g/mol. The fourth-order valence-electron chi connectivity index (χ4n) is 7.50. The zero-order valence-electron chi connectivity index (χ0n) is 27.1. The minimum absolute atomic E-state index is 0.572. The van der Waals surface area contributed by atoms with Gasteiger partial charge < -0.3 is 8.98 Å². The number of fused-ring (bicyclic) bond motifs is 9. The van der Waals surface area contributed by atoms with Gasteiger partial charge in [0.25, 0.3) is 0 Å². The smallest absolute Gasteiger partial charge is 0.167 e. The molecule has 0 radical (unpaired) electrons. The van der Waals surface area contributed by atoms with E-state index in [9.17, 15) is 0 Å². The Bertz CT molecular complexity index is 3140. The fraction of sp³-hybridized carbons (Fsp3) is 0. The lowest BCUT2D eigenvalue weighted by Crippen LogP contribution is -2.00. The molecular formula is C45H26N4OS. The second-order valence-corrected chi connectivity index (χ2v) is 13.9. The molecule has 0 amide bonds. The lowest BCUT2D eigenvalue weighted by Gasteiger charge is -2.09. The molecule has 11 aromatic rings. The van der Waals surface area contributed by atoms with E-state index in [4.69, 9.17) is 19.4 Å². The Kier molecular flexibility index (Phi) is 6.05. The van der Waals surface area contributed by atoms with Crippen LogP contribution in [0.4, 0.5) is 0 Å². The molecule has 6 heteroatoms. The largest absolute Gasteiger partial charge is 0.455 e. The normalized spacial score (nSPS) is 11.9. The van der Waals surface area contributed by atoms with E-state index < -0.39 is 0 Å². The highest BCUT2D eigenvalue weighted by molar-refractivity contribution is 7.25. The van der Waals surface area contributed by atoms with E-state index in [2.05, 4.69) is 126 Å². The predicted molar refractivity (Wildman–Crippen MR) is 211 cm³/mol. The summed E-state index contributed by atoms with van der Waals surface area (Å²) in [6, 6.07) is 54.9. The molecule has 0 aliphatic rings. The summed E-state index contributed by atoms with van der Waals surface area (Å²) in [6.07, 6.45) is 0.